The number of nitrogens with zero attached hydrogens (tertiary/aromatic N) is 4. The molecule has 1 fully saturated rings. The highest BCUT2D eigenvalue weighted by atomic mass is 127. The number of methoxy groups -OCH3 is 1. The van der Waals surface area contributed by atoms with Gasteiger partial charge in [0.05, 0.1) is 20.3 Å². The molecule has 254 valence electrons. The van der Waals surface area contributed by atoms with E-state index in [1.54, 1.807) is 24.3 Å². The molecule has 0 amide bonds. The number of aromatic nitrogens is 4. The molecule has 1 aliphatic rings. The summed E-state index contributed by atoms with van der Waals surface area (Å²) in [6.07, 6.45) is -4.00. The van der Waals surface area contributed by atoms with Gasteiger partial charge in [0.2, 0.25) is 11.8 Å². The molecular weight excluding hydrogens is 746 g/mol. The average molecular weight is 785 g/mol. The van der Waals surface area contributed by atoms with Gasteiger partial charge in [-0.15, -0.1) is 0 Å². The van der Waals surface area contributed by atoms with E-state index in [2.05, 4.69) is 20.0 Å². The molecule has 47 heavy (non-hydrogen) atoms. The van der Waals surface area contributed by atoms with E-state index < -0.39 is 50.4 Å². The number of nitrogen functional groups attached to an aromatic ring is 1. The Morgan fingerprint density at radius 2 is 1.91 bits per heavy atom. The first-order valence-corrected chi connectivity index (χ1v) is 17.3. The Morgan fingerprint density at radius 3 is 2.62 bits per heavy atom. The van der Waals surface area contributed by atoms with Crippen molar-refractivity contribution in [3.63, 3.8) is 0 Å². The van der Waals surface area contributed by atoms with Crippen molar-refractivity contribution in [2.75, 3.05) is 26.1 Å². The minimum Gasteiger partial charge on any atom is -0.479 e. The smallest absolute Gasteiger partial charge is 0.459 e. The average Bonchev–Trinajstić information content (AvgIpc) is 3.44. The Balaban J connectivity index is 1.42. The molecule has 4 aromatic rings. The number of hydrogen-bond donors (Lipinski definition) is 4. The SMILES string of the molecule is COc1nc(N)nc2c1nc(I)n2C1O[C@H](CO[P@@](=O)(N[C@@H](C)C(=O)OCC(C)(C)C)Oc2cccc3ccccc23)[C@@H](O)[C@@]1(C)O. The molecule has 0 aliphatic carbocycles. The zero-order valence-corrected chi connectivity index (χ0v) is 29.8. The van der Waals surface area contributed by atoms with E-state index in [1.807, 2.05) is 61.6 Å². The first-order chi connectivity index (χ1) is 22.0. The number of nitrogens with one attached hydrogen (secondary N) is 1. The lowest BCUT2D eigenvalue weighted by molar-refractivity contribution is -0.148. The predicted octanol–water partition coefficient (Wildman–Crippen LogP) is 3.96. The normalized spacial score (nSPS) is 23.5. The van der Waals surface area contributed by atoms with Crippen molar-refractivity contribution < 1.29 is 42.8 Å². The topological polar surface area (TPSA) is 202 Å². The third-order valence-corrected chi connectivity index (χ3v) is 9.78. The molecule has 1 unspecified atom stereocenters. The molecule has 0 spiro atoms. The third-order valence-electron chi connectivity index (χ3n) is 7.39. The monoisotopic (exact) mass is 784 g/mol. The van der Waals surface area contributed by atoms with E-state index >= 15 is 0 Å². The van der Waals surface area contributed by atoms with Crippen LogP contribution < -0.4 is 20.1 Å². The largest absolute Gasteiger partial charge is 0.479 e. The van der Waals surface area contributed by atoms with E-state index in [4.69, 9.17) is 29.0 Å². The van der Waals surface area contributed by atoms with Crippen LogP contribution in [0.15, 0.2) is 42.5 Å². The van der Waals surface area contributed by atoms with Gasteiger partial charge in [0.1, 0.15) is 29.6 Å². The minimum absolute atomic E-state index is 0.0993. The lowest BCUT2D eigenvalue weighted by atomic mass is 9.96. The molecular formula is C30H38IN6O9P. The van der Waals surface area contributed by atoms with Crippen LogP contribution in [0.5, 0.6) is 11.6 Å². The van der Waals surface area contributed by atoms with Crippen LogP contribution in [0.25, 0.3) is 21.9 Å². The van der Waals surface area contributed by atoms with Gasteiger partial charge in [-0.05, 0) is 30.7 Å². The number of benzene rings is 2. The van der Waals surface area contributed by atoms with Crippen LogP contribution in [0.2, 0.25) is 0 Å². The molecule has 17 heteroatoms. The lowest BCUT2D eigenvalue weighted by Crippen LogP contribution is -2.45. The summed E-state index contributed by atoms with van der Waals surface area (Å²) in [7, 11) is -2.98. The van der Waals surface area contributed by atoms with Gasteiger partial charge in [-0.1, -0.05) is 57.2 Å². The number of rotatable bonds is 11. The molecule has 1 aliphatic heterocycles. The summed E-state index contributed by atoms with van der Waals surface area (Å²) in [6.45, 7) is 8.21. The number of anilines is 1. The molecule has 1 saturated heterocycles. The van der Waals surface area contributed by atoms with E-state index in [1.165, 1.54) is 25.5 Å². The summed E-state index contributed by atoms with van der Waals surface area (Å²) in [6, 6.07) is 11.4. The molecule has 2 aromatic carbocycles. The summed E-state index contributed by atoms with van der Waals surface area (Å²) in [4.78, 5) is 25.6. The zero-order valence-electron chi connectivity index (χ0n) is 26.7. The van der Waals surface area contributed by atoms with Gasteiger partial charge in [0.15, 0.2) is 21.2 Å². The molecule has 0 saturated carbocycles. The van der Waals surface area contributed by atoms with Gasteiger partial charge in [0, 0.05) is 28.0 Å². The zero-order chi connectivity index (χ0) is 34.3. The maximum absolute atomic E-state index is 14.4. The van der Waals surface area contributed by atoms with Gasteiger partial charge >= 0.3 is 13.7 Å². The second-order valence-electron chi connectivity index (χ2n) is 12.6. The van der Waals surface area contributed by atoms with Gasteiger partial charge < -0.3 is 34.7 Å². The number of carbonyl (C=O) groups excluding carboxylic acids is 1. The summed E-state index contributed by atoms with van der Waals surface area (Å²) in [5.74, 6) is -0.408. The maximum atomic E-state index is 14.4. The van der Waals surface area contributed by atoms with Crippen LogP contribution >= 0.6 is 30.3 Å². The van der Waals surface area contributed by atoms with Gasteiger partial charge in [-0.2, -0.15) is 15.1 Å². The second-order valence-corrected chi connectivity index (χ2v) is 15.3. The minimum atomic E-state index is -4.38. The molecule has 15 nitrogen and oxygen atoms in total. The first-order valence-electron chi connectivity index (χ1n) is 14.7. The number of carbonyl (C=O) groups is 1. The van der Waals surface area contributed by atoms with E-state index in [0.717, 1.165) is 5.39 Å². The molecule has 2 aromatic heterocycles. The summed E-state index contributed by atoms with van der Waals surface area (Å²) in [5, 5.41) is 26.9. The number of hydrogen-bond acceptors (Lipinski definition) is 13. The highest BCUT2D eigenvalue weighted by molar-refractivity contribution is 14.1. The predicted molar refractivity (Wildman–Crippen MR) is 181 cm³/mol. The molecule has 0 bridgehead atoms. The Morgan fingerprint density at radius 1 is 1.21 bits per heavy atom. The Bertz CT molecular complexity index is 1830. The molecule has 0 radical (unpaired) electrons. The van der Waals surface area contributed by atoms with Crippen molar-refractivity contribution in [2.45, 2.75) is 64.7 Å². The van der Waals surface area contributed by atoms with Gasteiger partial charge in [-0.25, -0.2) is 9.55 Å². The molecule has 5 N–H and O–H groups in total. The number of fused-ring (bicyclic) bond motifs is 2. The first kappa shape index (κ1) is 35.2. The van der Waals surface area contributed by atoms with Crippen molar-refractivity contribution in [3.05, 3.63) is 46.3 Å². The van der Waals surface area contributed by atoms with Crippen LogP contribution in [0.3, 0.4) is 0 Å². The summed E-state index contributed by atoms with van der Waals surface area (Å²) in [5.41, 5.74) is 4.16. The standard InChI is InChI=1S/C30H38IN6O9P/c1-16(25(39)43-15-29(2,3)4)36-47(41,46-19-13-9-11-17-10-7-8-12-18(17)19)44-14-20-22(38)30(5,40)26(45-20)37-23-21(33-27(37)31)24(42-6)35-28(32)34-23/h7-13,16,20,22,26,38,40H,14-15H2,1-6H3,(H,36,41)(H2,32,34,35)/t16-,20+,22+,26?,30+,47-/m0/s1. The number of aliphatic hydroxyl groups excluding tert-OH is 1. The van der Waals surface area contributed by atoms with Crippen molar-refractivity contribution in [3.8, 4) is 11.6 Å². The molecule has 5 rings (SSSR count). The van der Waals surface area contributed by atoms with Crippen LogP contribution in [0.1, 0.15) is 40.8 Å². The number of aliphatic hydroxyl groups is 2. The van der Waals surface area contributed by atoms with Crippen molar-refractivity contribution >= 4 is 64.2 Å². The number of imidazole rings is 1. The third kappa shape index (κ3) is 7.48. The van der Waals surface area contributed by atoms with E-state index in [0.29, 0.717) is 9.22 Å². The summed E-state index contributed by atoms with van der Waals surface area (Å²) >= 11 is 1.93. The van der Waals surface area contributed by atoms with Gasteiger partial charge in [0.25, 0.3) is 0 Å². The summed E-state index contributed by atoms with van der Waals surface area (Å²) < 4.78 is 44.9. The Labute approximate surface area is 284 Å². The van der Waals surface area contributed by atoms with Crippen LogP contribution in [-0.4, -0.2) is 79.9 Å². The Hall–Kier alpha value is -3.12. The fourth-order valence-electron chi connectivity index (χ4n) is 5.01. The van der Waals surface area contributed by atoms with Crippen LogP contribution in [0.4, 0.5) is 5.95 Å². The van der Waals surface area contributed by atoms with Gasteiger partial charge in [-0.3, -0.25) is 13.9 Å². The molecule has 3 heterocycles. The van der Waals surface area contributed by atoms with E-state index in [-0.39, 0.29) is 40.8 Å². The number of nitrogens with two attached hydrogens (primary N) is 1. The highest BCUT2D eigenvalue weighted by Crippen LogP contribution is 2.49. The maximum Gasteiger partial charge on any atom is 0.459 e. The van der Waals surface area contributed by atoms with E-state index in [9.17, 15) is 19.6 Å². The fraction of sp³-hybridized carbons (Fsp3) is 0.467. The van der Waals surface area contributed by atoms with Crippen LogP contribution in [0, 0.1) is 9.25 Å². The second kappa shape index (κ2) is 13.4. The quantitative estimate of drug-likeness (QED) is 0.0737. The van der Waals surface area contributed by atoms with Crippen molar-refractivity contribution in [1.29, 1.82) is 0 Å². The molecule has 6 atom stereocenters. The number of halogens is 1. The fourth-order valence-corrected chi connectivity index (χ4v) is 7.25. The number of ether oxygens (including phenoxy) is 3. The van der Waals surface area contributed by atoms with Crippen LogP contribution in [-0.2, 0) is 23.4 Å². The van der Waals surface area contributed by atoms with Crippen molar-refractivity contribution in [2.24, 2.45) is 5.41 Å². The lowest BCUT2D eigenvalue weighted by Gasteiger charge is -2.28. The number of esters is 1. The Kier molecular flexibility index (Phi) is 10.0. The van der Waals surface area contributed by atoms with Crippen molar-refractivity contribution in [1.82, 2.24) is 24.6 Å². The highest BCUT2D eigenvalue weighted by Gasteiger charge is 2.55.